The van der Waals surface area contributed by atoms with Crippen molar-refractivity contribution in [3.05, 3.63) is 64.9 Å². The van der Waals surface area contributed by atoms with E-state index in [0.717, 1.165) is 27.3 Å². The number of rotatable bonds is 4. The first-order chi connectivity index (χ1) is 13.1. The Bertz CT molecular complexity index is 1290. The van der Waals surface area contributed by atoms with Crippen LogP contribution < -0.4 is 16.3 Å². The van der Waals surface area contributed by atoms with Crippen LogP contribution in [0.25, 0.3) is 28.9 Å². The first-order valence-electron chi connectivity index (χ1n) is 8.42. The summed E-state index contributed by atoms with van der Waals surface area (Å²) in [7, 11) is 1.63. The van der Waals surface area contributed by atoms with Crippen molar-refractivity contribution in [2.75, 3.05) is 5.73 Å². The Labute approximate surface area is 155 Å². The van der Waals surface area contributed by atoms with Gasteiger partial charge in [-0.05, 0) is 6.92 Å². The average molecular weight is 356 g/mol. The van der Waals surface area contributed by atoms with E-state index in [2.05, 4.69) is 26.4 Å². The van der Waals surface area contributed by atoms with Crippen LogP contribution in [0, 0.1) is 0 Å². The molecule has 4 N–H and O–H groups in total. The molecule has 0 radical (unpaired) electrons. The van der Waals surface area contributed by atoms with Gasteiger partial charge in [-0.25, -0.2) is 0 Å². The van der Waals surface area contributed by atoms with E-state index in [-0.39, 0.29) is 11.6 Å². The molecular formula is C19H17BN6O. The van der Waals surface area contributed by atoms with Gasteiger partial charge in [-0.3, -0.25) is 0 Å². The molecule has 0 atom stereocenters. The second-order valence-corrected chi connectivity index (χ2v) is 6.03. The third-order valence-electron chi connectivity index (χ3n) is 4.41. The summed E-state index contributed by atoms with van der Waals surface area (Å²) < 4.78 is 1.54. The monoisotopic (exact) mass is 356 g/mol. The fourth-order valence-electron chi connectivity index (χ4n) is 3.05. The van der Waals surface area contributed by atoms with Crippen molar-refractivity contribution in [3.63, 3.8) is 0 Å². The number of hydrogen-bond donors (Lipinski definition) is 3. The number of aromatic amines is 2. The molecule has 0 fully saturated rings. The normalized spacial score (nSPS) is 12.6. The third-order valence-corrected chi connectivity index (χ3v) is 4.41. The van der Waals surface area contributed by atoms with Gasteiger partial charge in [0.1, 0.15) is 0 Å². The number of H-pyrrole nitrogens is 2. The smallest absolute Gasteiger partial charge is 0.0446 e. The molecule has 0 aliphatic carbocycles. The minimum Gasteiger partial charge on any atom is -0.0446 e. The van der Waals surface area contributed by atoms with Crippen LogP contribution in [-0.2, 0) is 0 Å². The number of carbonyl (C=O) groups excluding carboxylic acids is 1. The number of anilines is 1. The van der Waals surface area contributed by atoms with Crippen molar-refractivity contribution in [1.82, 2.24) is 24.5 Å². The summed E-state index contributed by atoms with van der Waals surface area (Å²) in [6, 6.07) is 7.41. The fraction of sp³-hybridized carbons (Fsp3) is 0.0526. The first-order valence-corrected chi connectivity index (χ1v) is 8.42. The number of benzene rings is 1. The van der Waals surface area contributed by atoms with Crippen LogP contribution in [-0.4, -0.2) is 37.5 Å². The van der Waals surface area contributed by atoms with Gasteiger partial charge in [0.2, 0.25) is 0 Å². The van der Waals surface area contributed by atoms with Crippen LogP contribution in [0.4, 0.5) is 5.82 Å². The number of allylic oxidation sites excluding steroid dienone is 1. The van der Waals surface area contributed by atoms with Crippen LogP contribution in [0.3, 0.4) is 0 Å². The SMILES string of the molecule is C=C/C=c1/cc(C(=O)c2cnn(-c3ccc4[nH]bnc4c3)c2N)[nH]/c1=C/C. The molecule has 4 rings (SSSR count). The minimum absolute atomic E-state index is 0.216. The van der Waals surface area contributed by atoms with E-state index in [1.807, 2.05) is 37.3 Å². The van der Waals surface area contributed by atoms with E-state index in [4.69, 9.17) is 5.73 Å². The number of nitrogens with one attached hydrogen (secondary N) is 2. The maximum atomic E-state index is 12.9. The van der Waals surface area contributed by atoms with Gasteiger partial charge in [0.05, 0.1) is 0 Å². The zero-order chi connectivity index (χ0) is 19.0. The molecule has 3 aromatic heterocycles. The second kappa shape index (κ2) is 6.56. The van der Waals surface area contributed by atoms with E-state index in [0.29, 0.717) is 11.3 Å². The van der Waals surface area contributed by atoms with Crippen molar-refractivity contribution in [3.8, 4) is 5.69 Å². The molecule has 0 bridgehead atoms. The van der Waals surface area contributed by atoms with Crippen LogP contribution in [0.2, 0.25) is 0 Å². The number of nitrogen functional groups attached to an aromatic ring is 1. The van der Waals surface area contributed by atoms with Crippen LogP contribution in [0.15, 0.2) is 43.1 Å². The standard InChI is InChI=1S/C19H17BN6O/c1-3-5-11-8-17(23-14(11)4-2)18(27)13-10-22-26(19(13)21)12-6-7-15-16(9-12)25-20-24-15/h3-10,23-24H,1,21H2,2H3/b11-5-,14-4+. The Balaban J connectivity index is 1.76. The Morgan fingerprint density at radius 2 is 2.22 bits per heavy atom. The van der Waals surface area contributed by atoms with Gasteiger partial charge in [0.15, 0.2) is 0 Å². The first kappa shape index (κ1) is 16.8. The fourth-order valence-corrected chi connectivity index (χ4v) is 3.05. The molecule has 1 aromatic carbocycles. The summed E-state index contributed by atoms with van der Waals surface area (Å²) in [4.78, 5) is 23.3. The van der Waals surface area contributed by atoms with Crippen molar-refractivity contribution in [2.24, 2.45) is 0 Å². The number of nitrogens with two attached hydrogens (primary N) is 1. The van der Waals surface area contributed by atoms with Gasteiger partial charge in [0, 0.05) is 0 Å². The van der Waals surface area contributed by atoms with E-state index in [1.165, 1.54) is 10.9 Å². The number of ketones is 1. The van der Waals surface area contributed by atoms with Crippen molar-refractivity contribution >= 4 is 42.0 Å². The van der Waals surface area contributed by atoms with Crippen molar-refractivity contribution in [1.29, 1.82) is 0 Å². The molecule has 0 saturated carbocycles. The zero-order valence-corrected chi connectivity index (χ0v) is 14.7. The summed E-state index contributed by atoms with van der Waals surface area (Å²) >= 11 is 0. The van der Waals surface area contributed by atoms with E-state index >= 15 is 0 Å². The minimum atomic E-state index is -0.216. The molecule has 0 aliphatic rings. The molecule has 8 heteroatoms. The van der Waals surface area contributed by atoms with Gasteiger partial charge >= 0.3 is 135 Å². The van der Waals surface area contributed by atoms with Gasteiger partial charge in [-0.2, -0.15) is 0 Å². The zero-order valence-electron chi connectivity index (χ0n) is 14.7. The van der Waals surface area contributed by atoms with Crippen LogP contribution in [0.5, 0.6) is 0 Å². The van der Waals surface area contributed by atoms with Crippen LogP contribution >= 0.6 is 0 Å². The second-order valence-electron chi connectivity index (χ2n) is 6.03. The third kappa shape index (κ3) is 2.81. The summed E-state index contributed by atoms with van der Waals surface area (Å²) in [5, 5.41) is 6.05. The summed E-state index contributed by atoms with van der Waals surface area (Å²) in [6.45, 7) is 5.60. The molecule has 3 heterocycles. The number of hydrogen-bond acceptors (Lipinski definition) is 4. The molecule has 0 saturated heterocycles. The molecule has 132 valence electrons. The van der Waals surface area contributed by atoms with E-state index in [1.54, 1.807) is 19.3 Å². The molecule has 0 amide bonds. The van der Waals surface area contributed by atoms with Gasteiger partial charge in [0.25, 0.3) is 0 Å². The summed E-state index contributed by atoms with van der Waals surface area (Å²) in [5.41, 5.74) is 9.48. The molecule has 7 nitrogen and oxygen atoms in total. The van der Waals surface area contributed by atoms with E-state index in [9.17, 15) is 4.79 Å². The molecule has 4 aromatic rings. The Morgan fingerprint density at radius 3 is 3.00 bits per heavy atom. The molecule has 0 unspecified atom stereocenters. The predicted molar refractivity (Wildman–Crippen MR) is 107 cm³/mol. The van der Waals surface area contributed by atoms with E-state index < -0.39 is 0 Å². The topological polar surface area (TPSA) is 105 Å². The van der Waals surface area contributed by atoms with Crippen LogP contribution in [0.1, 0.15) is 23.0 Å². The average Bonchev–Trinajstić information content (AvgIpc) is 3.38. The number of nitrogens with zero attached hydrogens (tertiary/aromatic N) is 3. The molecule has 27 heavy (non-hydrogen) atoms. The molecule has 0 aliphatic heterocycles. The van der Waals surface area contributed by atoms with Crippen molar-refractivity contribution in [2.45, 2.75) is 6.92 Å². The predicted octanol–water partition coefficient (Wildman–Crippen LogP) is 0.995. The van der Waals surface area contributed by atoms with Crippen molar-refractivity contribution < 1.29 is 4.79 Å². The summed E-state index contributed by atoms with van der Waals surface area (Å²) in [6.07, 6.45) is 6.91. The number of carbonyl (C=O) groups is 1. The van der Waals surface area contributed by atoms with Gasteiger partial charge in [-0.1, -0.05) is 12.7 Å². The molecule has 0 spiro atoms. The van der Waals surface area contributed by atoms with Gasteiger partial charge in [-0.15, -0.1) is 0 Å². The Kier molecular flexibility index (Phi) is 4.08. The quantitative estimate of drug-likeness (QED) is 0.474. The number of aromatic nitrogens is 5. The maximum absolute atomic E-state index is 12.9. The molecular weight excluding hydrogens is 339 g/mol. The Hall–Kier alpha value is -3.68. The number of fused-ring (bicyclic) bond motifs is 1. The van der Waals surface area contributed by atoms with Gasteiger partial charge < -0.3 is 0 Å². The Morgan fingerprint density at radius 1 is 1.37 bits per heavy atom. The summed E-state index contributed by atoms with van der Waals surface area (Å²) in [5.74, 6) is 0.0622.